The number of aromatic nitrogens is 2. The maximum Gasteiger partial charge on any atom is 0.341 e. The first-order chi connectivity index (χ1) is 12.3. The summed E-state index contributed by atoms with van der Waals surface area (Å²) in [6.45, 7) is 5.24. The minimum atomic E-state index is -0.676. The number of rotatable bonds is 7. The lowest BCUT2D eigenvalue weighted by atomic mass is 10.1. The number of thiophene rings is 1. The summed E-state index contributed by atoms with van der Waals surface area (Å²) in [5, 5.41) is 7.37. The van der Waals surface area contributed by atoms with Gasteiger partial charge in [0.15, 0.2) is 0 Å². The summed E-state index contributed by atoms with van der Waals surface area (Å²) in [5.74, 6) is -1.70. The molecule has 8 nitrogen and oxygen atoms in total. The number of carbonyl (C=O) groups is 3. The Hall–Kier alpha value is -2.39. The zero-order chi connectivity index (χ0) is 19.4. The van der Waals surface area contributed by atoms with E-state index in [0.29, 0.717) is 17.0 Å². The van der Waals surface area contributed by atoms with Gasteiger partial charge in [-0.3, -0.25) is 14.3 Å². The van der Waals surface area contributed by atoms with Gasteiger partial charge >= 0.3 is 5.97 Å². The van der Waals surface area contributed by atoms with Crippen molar-refractivity contribution in [1.29, 1.82) is 0 Å². The van der Waals surface area contributed by atoms with E-state index in [1.54, 1.807) is 13.8 Å². The van der Waals surface area contributed by atoms with Crippen LogP contribution in [0.1, 0.15) is 51.9 Å². The third kappa shape index (κ3) is 4.05. The molecule has 10 heteroatoms. The molecule has 0 spiro atoms. The van der Waals surface area contributed by atoms with Crippen molar-refractivity contribution in [1.82, 2.24) is 9.78 Å². The molecule has 1 unspecified atom stereocenters. The Kier molecular flexibility index (Phi) is 6.38. The van der Waals surface area contributed by atoms with Gasteiger partial charge in [0, 0.05) is 6.20 Å². The molecule has 2 heterocycles. The van der Waals surface area contributed by atoms with Gasteiger partial charge in [-0.2, -0.15) is 5.10 Å². The monoisotopic (exact) mass is 398 g/mol. The van der Waals surface area contributed by atoms with Crippen LogP contribution >= 0.6 is 22.9 Å². The predicted octanol–water partition coefficient (Wildman–Crippen LogP) is 2.77. The number of nitrogens with one attached hydrogen (secondary N) is 1. The number of nitrogens with two attached hydrogens (primary N) is 1. The van der Waals surface area contributed by atoms with Crippen LogP contribution in [0.25, 0.3) is 0 Å². The molecule has 0 saturated heterocycles. The first-order valence-electron chi connectivity index (χ1n) is 7.90. The molecular weight excluding hydrogens is 380 g/mol. The second-order valence-electron chi connectivity index (χ2n) is 5.40. The number of carbonyl (C=O) groups excluding carboxylic acids is 3. The number of ether oxygens (including phenoxy) is 1. The minimum absolute atomic E-state index is 0.132. The fourth-order valence-electron chi connectivity index (χ4n) is 2.46. The van der Waals surface area contributed by atoms with Crippen molar-refractivity contribution in [2.75, 3.05) is 11.9 Å². The summed E-state index contributed by atoms with van der Waals surface area (Å²) in [6, 6.07) is -0.628. The normalized spacial score (nSPS) is 11.8. The SMILES string of the molecule is CCOC(=O)c1c(NC(=O)C(CC)n2cc(Cl)cn2)sc(C(N)=O)c1C. The van der Waals surface area contributed by atoms with Gasteiger partial charge in [-0.15, -0.1) is 11.3 Å². The Morgan fingerprint density at radius 2 is 2.12 bits per heavy atom. The van der Waals surface area contributed by atoms with E-state index in [4.69, 9.17) is 22.1 Å². The summed E-state index contributed by atoms with van der Waals surface area (Å²) >= 11 is 6.80. The lowest BCUT2D eigenvalue weighted by molar-refractivity contribution is -0.119. The van der Waals surface area contributed by atoms with Crippen LogP contribution in [0.4, 0.5) is 5.00 Å². The van der Waals surface area contributed by atoms with Crippen molar-refractivity contribution in [3.8, 4) is 0 Å². The summed E-state index contributed by atoms with van der Waals surface area (Å²) in [6.07, 6.45) is 3.42. The summed E-state index contributed by atoms with van der Waals surface area (Å²) < 4.78 is 6.47. The lowest BCUT2D eigenvalue weighted by Crippen LogP contribution is -2.26. The highest BCUT2D eigenvalue weighted by molar-refractivity contribution is 7.18. The van der Waals surface area contributed by atoms with Crippen LogP contribution < -0.4 is 11.1 Å². The highest BCUT2D eigenvalue weighted by Gasteiger charge is 2.28. The highest BCUT2D eigenvalue weighted by Crippen LogP contribution is 2.34. The maximum absolute atomic E-state index is 12.7. The fourth-order valence-corrected chi connectivity index (χ4v) is 3.65. The summed E-state index contributed by atoms with van der Waals surface area (Å²) in [7, 11) is 0. The molecule has 0 aliphatic carbocycles. The second kappa shape index (κ2) is 8.33. The number of halogens is 1. The van der Waals surface area contributed by atoms with Crippen molar-refractivity contribution in [3.05, 3.63) is 33.4 Å². The van der Waals surface area contributed by atoms with Crippen LogP contribution in [0.3, 0.4) is 0 Å². The number of esters is 1. The van der Waals surface area contributed by atoms with E-state index in [9.17, 15) is 14.4 Å². The van der Waals surface area contributed by atoms with Crippen LogP contribution in [0.15, 0.2) is 12.4 Å². The number of amides is 2. The molecule has 0 bridgehead atoms. The van der Waals surface area contributed by atoms with Crippen molar-refractivity contribution >= 4 is 45.7 Å². The Bertz CT molecular complexity index is 845. The van der Waals surface area contributed by atoms with E-state index in [1.165, 1.54) is 17.1 Å². The van der Waals surface area contributed by atoms with Gasteiger partial charge in [0.25, 0.3) is 5.91 Å². The van der Waals surface area contributed by atoms with E-state index in [-0.39, 0.29) is 22.0 Å². The molecule has 2 amide bonds. The number of primary amides is 1. The third-order valence-corrected chi connectivity index (χ3v) is 5.08. The van der Waals surface area contributed by atoms with Crippen molar-refractivity contribution in [2.45, 2.75) is 33.2 Å². The van der Waals surface area contributed by atoms with Crippen LogP contribution in [0, 0.1) is 6.92 Å². The smallest absolute Gasteiger partial charge is 0.341 e. The zero-order valence-corrected chi connectivity index (χ0v) is 16.1. The van der Waals surface area contributed by atoms with E-state index in [1.807, 2.05) is 6.92 Å². The number of hydrogen-bond acceptors (Lipinski definition) is 6. The largest absolute Gasteiger partial charge is 0.462 e. The van der Waals surface area contributed by atoms with Crippen LogP contribution in [0.2, 0.25) is 5.02 Å². The molecule has 1 atom stereocenters. The van der Waals surface area contributed by atoms with Gasteiger partial charge < -0.3 is 15.8 Å². The van der Waals surface area contributed by atoms with Crippen LogP contribution in [-0.2, 0) is 9.53 Å². The summed E-state index contributed by atoms with van der Waals surface area (Å²) in [5.41, 5.74) is 5.87. The number of nitrogens with zero attached hydrogens (tertiary/aromatic N) is 2. The van der Waals surface area contributed by atoms with Gasteiger partial charge in [0.2, 0.25) is 5.91 Å². The molecule has 2 aromatic heterocycles. The minimum Gasteiger partial charge on any atom is -0.462 e. The van der Waals surface area contributed by atoms with Crippen LogP contribution in [-0.4, -0.2) is 34.2 Å². The number of anilines is 1. The molecule has 0 saturated carbocycles. The van der Waals surface area contributed by atoms with Gasteiger partial charge in [-0.05, 0) is 25.8 Å². The molecule has 0 radical (unpaired) electrons. The predicted molar refractivity (Wildman–Crippen MR) is 98.7 cm³/mol. The fraction of sp³-hybridized carbons (Fsp3) is 0.375. The molecule has 0 aliphatic heterocycles. The average molecular weight is 399 g/mol. The highest BCUT2D eigenvalue weighted by atomic mass is 35.5. The summed E-state index contributed by atoms with van der Waals surface area (Å²) in [4.78, 5) is 36.8. The third-order valence-electron chi connectivity index (χ3n) is 3.67. The molecule has 2 rings (SSSR count). The van der Waals surface area contributed by atoms with E-state index >= 15 is 0 Å². The van der Waals surface area contributed by atoms with E-state index in [0.717, 1.165) is 11.3 Å². The Labute approximate surface area is 159 Å². The van der Waals surface area contributed by atoms with Crippen molar-refractivity contribution in [2.24, 2.45) is 5.73 Å². The molecular formula is C16H19ClN4O4S. The average Bonchev–Trinajstić information content (AvgIpc) is 3.12. The van der Waals surface area contributed by atoms with Gasteiger partial charge in [-0.1, -0.05) is 18.5 Å². The lowest BCUT2D eigenvalue weighted by Gasteiger charge is -2.15. The van der Waals surface area contributed by atoms with Crippen molar-refractivity contribution in [3.63, 3.8) is 0 Å². The maximum atomic E-state index is 12.7. The van der Waals surface area contributed by atoms with E-state index < -0.39 is 23.8 Å². The topological polar surface area (TPSA) is 116 Å². The Morgan fingerprint density at radius 1 is 1.42 bits per heavy atom. The van der Waals surface area contributed by atoms with Gasteiger partial charge in [-0.25, -0.2) is 4.79 Å². The molecule has 26 heavy (non-hydrogen) atoms. The molecule has 140 valence electrons. The van der Waals surface area contributed by atoms with Crippen molar-refractivity contribution < 1.29 is 19.1 Å². The van der Waals surface area contributed by atoms with Crippen LogP contribution in [0.5, 0.6) is 0 Å². The molecule has 0 aliphatic rings. The zero-order valence-electron chi connectivity index (χ0n) is 14.5. The standard InChI is InChI=1S/C16H19ClN4O4S/c1-4-10(21-7-9(17)6-19-21)14(23)20-15-11(16(24)25-5-2)8(3)12(26-15)13(18)22/h6-7,10H,4-5H2,1-3H3,(H2,18,22)(H,20,23). The quantitative estimate of drug-likeness (QED) is 0.695. The van der Waals surface area contributed by atoms with E-state index in [2.05, 4.69) is 10.4 Å². The number of hydrogen-bond donors (Lipinski definition) is 2. The first kappa shape index (κ1) is 19.9. The molecule has 0 aromatic carbocycles. The Balaban J connectivity index is 2.37. The van der Waals surface area contributed by atoms with Gasteiger partial charge in [0.1, 0.15) is 11.0 Å². The molecule has 2 aromatic rings. The molecule has 3 N–H and O–H groups in total. The first-order valence-corrected chi connectivity index (χ1v) is 9.10. The second-order valence-corrected chi connectivity index (χ2v) is 6.85. The Morgan fingerprint density at radius 3 is 2.62 bits per heavy atom. The molecule has 0 fully saturated rings. The van der Waals surface area contributed by atoms with Gasteiger partial charge in [0.05, 0.1) is 28.3 Å².